The highest BCUT2D eigenvalue weighted by molar-refractivity contribution is 14.0. The van der Waals surface area contributed by atoms with Crippen LogP contribution in [0.3, 0.4) is 0 Å². The van der Waals surface area contributed by atoms with Gasteiger partial charge in [-0.15, -0.1) is 35.3 Å². The van der Waals surface area contributed by atoms with Crippen molar-refractivity contribution in [2.75, 3.05) is 14.1 Å². The molecule has 0 bridgehead atoms. The van der Waals surface area contributed by atoms with E-state index in [9.17, 15) is 13.2 Å². The fourth-order valence-corrected chi connectivity index (χ4v) is 2.70. The van der Waals surface area contributed by atoms with Crippen molar-refractivity contribution in [2.45, 2.75) is 19.3 Å². The maximum atomic E-state index is 12.5. The fraction of sp³-hybridized carbons (Fsp3) is 0.462. The number of hydrogen-bond acceptors (Lipinski definition) is 4. The van der Waals surface area contributed by atoms with E-state index in [4.69, 9.17) is 0 Å². The Kier molecular flexibility index (Phi) is 7.45. The molecule has 1 N–H and O–H groups in total. The van der Waals surface area contributed by atoms with Gasteiger partial charge in [-0.05, 0) is 0 Å². The second-order valence-electron chi connectivity index (χ2n) is 4.90. The van der Waals surface area contributed by atoms with E-state index in [2.05, 4.69) is 20.4 Å². The van der Waals surface area contributed by atoms with Crippen molar-refractivity contribution < 1.29 is 13.2 Å². The number of aliphatic imine (C=N–C) groups is 1. The number of aryl methyl sites for hydroxylation is 1. The SMILES string of the molecule is CN=C(NCc1nc(C(F)(F)F)cs1)N(C)Cc1cnn(C)c1.I. The van der Waals surface area contributed by atoms with Crippen LogP contribution in [0.4, 0.5) is 13.2 Å². The molecule has 134 valence electrons. The van der Waals surface area contributed by atoms with Crippen molar-refractivity contribution in [3.05, 3.63) is 34.0 Å². The summed E-state index contributed by atoms with van der Waals surface area (Å²) < 4.78 is 39.3. The fourth-order valence-electron chi connectivity index (χ4n) is 1.96. The van der Waals surface area contributed by atoms with Crippen LogP contribution in [0.5, 0.6) is 0 Å². The number of hydrogen-bond donors (Lipinski definition) is 1. The van der Waals surface area contributed by atoms with Gasteiger partial charge in [-0.25, -0.2) is 4.98 Å². The zero-order valence-electron chi connectivity index (χ0n) is 13.3. The van der Waals surface area contributed by atoms with E-state index in [0.29, 0.717) is 17.5 Å². The van der Waals surface area contributed by atoms with Gasteiger partial charge in [-0.3, -0.25) is 9.67 Å². The summed E-state index contributed by atoms with van der Waals surface area (Å²) in [7, 11) is 5.29. The van der Waals surface area contributed by atoms with Gasteiger partial charge in [-0.2, -0.15) is 18.3 Å². The molecule has 0 amide bonds. The van der Waals surface area contributed by atoms with Crippen LogP contribution in [0.15, 0.2) is 22.8 Å². The first-order valence-electron chi connectivity index (χ1n) is 6.70. The van der Waals surface area contributed by atoms with E-state index in [0.717, 1.165) is 22.3 Å². The van der Waals surface area contributed by atoms with E-state index in [-0.39, 0.29) is 30.5 Å². The number of aromatic nitrogens is 3. The standard InChI is InChI=1S/C13H17F3N6S.HI/c1-17-12(21(2)6-9-4-19-22(3)7-9)18-5-11-20-10(8-23-11)13(14,15)16;/h4,7-8H,5-6H2,1-3H3,(H,17,18);1H. The van der Waals surface area contributed by atoms with Crippen LogP contribution >= 0.6 is 35.3 Å². The van der Waals surface area contributed by atoms with Crippen molar-refractivity contribution in [2.24, 2.45) is 12.0 Å². The summed E-state index contributed by atoms with van der Waals surface area (Å²) in [5, 5.41) is 8.46. The minimum Gasteiger partial charge on any atom is -0.350 e. The molecule has 0 aliphatic rings. The number of thiazole rings is 1. The Labute approximate surface area is 158 Å². The molecule has 2 aromatic heterocycles. The molecule has 2 heterocycles. The maximum absolute atomic E-state index is 12.5. The van der Waals surface area contributed by atoms with E-state index in [1.165, 1.54) is 0 Å². The van der Waals surface area contributed by atoms with Crippen LogP contribution in [0, 0.1) is 0 Å². The molecule has 0 atom stereocenters. The normalized spacial score (nSPS) is 12.0. The number of alkyl halides is 3. The van der Waals surface area contributed by atoms with E-state index >= 15 is 0 Å². The molecule has 0 unspecified atom stereocenters. The van der Waals surface area contributed by atoms with Crippen LogP contribution in [-0.2, 0) is 26.3 Å². The van der Waals surface area contributed by atoms with Gasteiger partial charge in [0.2, 0.25) is 0 Å². The Balaban J connectivity index is 0.00000288. The summed E-state index contributed by atoms with van der Waals surface area (Å²) in [6.45, 7) is 0.768. The van der Waals surface area contributed by atoms with Gasteiger partial charge >= 0.3 is 6.18 Å². The first kappa shape index (κ1) is 20.7. The summed E-state index contributed by atoms with van der Waals surface area (Å²) in [5.74, 6) is 0.567. The number of halogens is 4. The molecular weight excluding hydrogens is 456 g/mol. The van der Waals surface area contributed by atoms with E-state index < -0.39 is 11.9 Å². The molecule has 0 aromatic carbocycles. The monoisotopic (exact) mass is 474 g/mol. The quantitative estimate of drug-likeness (QED) is 0.421. The van der Waals surface area contributed by atoms with E-state index in [1.807, 2.05) is 25.2 Å². The summed E-state index contributed by atoms with van der Waals surface area (Å²) in [5.41, 5.74) is 0.143. The highest BCUT2D eigenvalue weighted by Gasteiger charge is 2.33. The maximum Gasteiger partial charge on any atom is 0.434 e. The molecule has 0 spiro atoms. The Morgan fingerprint density at radius 3 is 2.67 bits per heavy atom. The Morgan fingerprint density at radius 2 is 2.17 bits per heavy atom. The van der Waals surface area contributed by atoms with Crippen LogP contribution in [0.1, 0.15) is 16.3 Å². The lowest BCUT2D eigenvalue weighted by atomic mass is 10.3. The molecule has 0 aliphatic carbocycles. The third kappa shape index (κ3) is 5.61. The molecule has 2 rings (SSSR count). The third-order valence-electron chi connectivity index (χ3n) is 2.99. The Bertz CT molecular complexity index is 681. The van der Waals surface area contributed by atoms with Crippen LogP contribution < -0.4 is 5.32 Å². The molecule has 0 fully saturated rings. The molecule has 0 radical (unpaired) electrons. The van der Waals surface area contributed by atoms with Gasteiger partial charge < -0.3 is 10.2 Å². The summed E-state index contributed by atoms with van der Waals surface area (Å²) in [6, 6.07) is 0. The second-order valence-corrected chi connectivity index (χ2v) is 5.85. The van der Waals surface area contributed by atoms with Gasteiger partial charge in [0.25, 0.3) is 0 Å². The molecule has 11 heteroatoms. The van der Waals surface area contributed by atoms with Gasteiger partial charge in [0, 0.05) is 44.8 Å². The summed E-state index contributed by atoms with van der Waals surface area (Å²) in [6.07, 6.45) is -0.770. The lowest BCUT2D eigenvalue weighted by molar-refractivity contribution is -0.140. The van der Waals surface area contributed by atoms with Gasteiger partial charge in [0.05, 0.1) is 12.7 Å². The van der Waals surface area contributed by atoms with Crippen molar-refractivity contribution >= 4 is 41.3 Å². The van der Waals surface area contributed by atoms with Crippen molar-refractivity contribution in [3.8, 4) is 0 Å². The molecule has 0 aliphatic heterocycles. The first-order chi connectivity index (χ1) is 10.8. The number of nitrogens with zero attached hydrogens (tertiary/aromatic N) is 5. The van der Waals surface area contributed by atoms with E-state index in [1.54, 1.807) is 17.9 Å². The Morgan fingerprint density at radius 1 is 1.46 bits per heavy atom. The van der Waals surface area contributed by atoms with Crippen molar-refractivity contribution in [1.29, 1.82) is 0 Å². The summed E-state index contributed by atoms with van der Waals surface area (Å²) in [4.78, 5) is 9.56. The zero-order chi connectivity index (χ0) is 17.0. The third-order valence-corrected chi connectivity index (χ3v) is 3.84. The summed E-state index contributed by atoms with van der Waals surface area (Å²) >= 11 is 0.967. The topological polar surface area (TPSA) is 58.3 Å². The van der Waals surface area contributed by atoms with Crippen molar-refractivity contribution in [3.63, 3.8) is 0 Å². The Hall–Kier alpha value is -1.37. The van der Waals surface area contributed by atoms with Crippen LogP contribution in [0.2, 0.25) is 0 Å². The average molecular weight is 474 g/mol. The molecule has 0 saturated carbocycles. The molecule has 24 heavy (non-hydrogen) atoms. The minimum absolute atomic E-state index is 0. The zero-order valence-corrected chi connectivity index (χ0v) is 16.5. The predicted octanol–water partition coefficient (Wildman–Crippen LogP) is 2.72. The number of guanidine groups is 1. The molecule has 2 aromatic rings. The molecule has 0 saturated heterocycles. The first-order valence-corrected chi connectivity index (χ1v) is 7.58. The van der Waals surface area contributed by atoms with Gasteiger partial charge in [0.15, 0.2) is 11.7 Å². The van der Waals surface area contributed by atoms with Gasteiger partial charge in [0.1, 0.15) is 5.01 Å². The van der Waals surface area contributed by atoms with Crippen LogP contribution in [-0.4, -0.2) is 39.7 Å². The minimum atomic E-state index is -4.41. The number of rotatable bonds is 4. The predicted molar refractivity (Wildman–Crippen MR) is 97.4 cm³/mol. The highest BCUT2D eigenvalue weighted by atomic mass is 127. The number of nitrogens with one attached hydrogen (secondary N) is 1. The highest BCUT2D eigenvalue weighted by Crippen LogP contribution is 2.29. The lowest BCUT2D eigenvalue weighted by Gasteiger charge is -2.21. The average Bonchev–Trinajstić information content (AvgIpc) is 3.08. The van der Waals surface area contributed by atoms with Gasteiger partial charge in [-0.1, -0.05) is 0 Å². The largest absolute Gasteiger partial charge is 0.434 e. The van der Waals surface area contributed by atoms with Crippen LogP contribution in [0.25, 0.3) is 0 Å². The second kappa shape index (κ2) is 8.65. The smallest absolute Gasteiger partial charge is 0.350 e. The lowest BCUT2D eigenvalue weighted by Crippen LogP contribution is -2.38. The molecule has 6 nitrogen and oxygen atoms in total. The molecular formula is C13H18F3IN6S. The van der Waals surface area contributed by atoms with Crippen molar-refractivity contribution in [1.82, 2.24) is 25.0 Å².